The van der Waals surface area contributed by atoms with Crippen LogP contribution in [-0.4, -0.2) is 65.2 Å². The molecule has 2 amide bonds. The van der Waals surface area contributed by atoms with E-state index in [1.165, 1.54) is 0 Å². The van der Waals surface area contributed by atoms with Crippen LogP contribution in [0.15, 0.2) is 54.6 Å². The van der Waals surface area contributed by atoms with Gasteiger partial charge in [0.1, 0.15) is 12.4 Å². The fourth-order valence-electron chi connectivity index (χ4n) is 4.10. The highest BCUT2D eigenvalue weighted by atomic mass is 16.6. The summed E-state index contributed by atoms with van der Waals surface area (Å²) < 4.78 is 16.3. The molecule has 1 heterocycles. The number of carbonyl (C=O) groups is 2. The average Bonchev–Trinajstić information content (AvgIpc) is 3.19. The fraction of sp³-hybridized carbons (Fsp3) is 0.462. The normalized spacial score (nSPS) is 19.3. The number of ether oxygens (including phenoxy) is 3. The highest BCUT2D eigenvalue weighted by molar-refractivity contribution is 5.96. The number of hydrogen-bond donors (Lipinski definition) is 2. The molecule has 0 unspecified atom stereocenters. The van der Waals surface area contributed by atoms with Crippen LogP contribution in [0.1, 0.15) is 31.4 Å². The van der Waals surface area contributed by atoms with Crippen LogP contribution in [-0.2, 0) is 27.3 Å². The lowest BCUT2D eigenvalue weighted by Gasteiger charge is -2.31. The first-order valence-electron chi connectivity index (χ1n) is 11.4. The number of methoxy groups -OCH3 is 1. The second-order valence-electron chi connectivity index (χ2n) is 8.76. The molecule has 1 aliphatic heterocycles. The maximum absolute atomic E-state index is 13.6. The second-order valence-corrected chi connectivity index (χ2v) is 8.76. The molecule has 5 atom stereocenters. The van der Waals surface area contributed by atoms with E-state index < -0.39 is 42.3 Å². The number of cyclic esters (lactones) is 1. The first-order chi connectivity index (χ1) is 16.3. The molecule has 8 nitrogen and oxygen atoms in total. The molecule has 2 N–H and O–H groups in total. The highest BCUT2D eigenvalue weighted by Crippen LogP contribution is 2.24. The number of aliphatic hydroxyl groups excluding tert-OH is 2. The van der Waals surface area contributed by atoms with Gasteiger partial charge in [-0.25, -0.2) is 9.69 Å². The Balaban J connectivity index is 1.80. The van der Waals surface area contributed by atoms with Crippen LogP contribution < -0.4 is 4.74 Å². The molecule has 0 bridgehead atoms. The predicted octanol–water partition coefficient (Wildman–Crippen LogP) is 2.94. The van der Waals surface area contributed by atoms with Crippen molar-refractivity contribution < 1.29 is 34.0 Å². The summed E-state index contributed by atoms with van der Waals surface area (Å²) in [5.74, 6) is -0.413. The molecule has 1 aliphatic rings. The number of aliphatic hydroxyl groups is 2. The van der Waals surface area contributed by atoms with Crippen LogP contribution in [0.5, 0.6) is 5.75 Å². The molecule has 2 aromatic rings. The third kappa shape index (κ3) is 6.56. The molecular formula is C26H33NO7. The Labute approximate surface area is 200 Å². The summed E-state index contributed by atoms with van der Waals surface area (Å²) in [7, 11) is 1.57. The zero-order valence-corrected chi connectivity index (χ0v) is 19.8. The first kappa shape index (κ1) is 25.7. The monoisotopic (exact) mass is 471 g/mol. The Morgan fingerprint density at radius 2 is 1.76 bits per heavy atom. The van der Waals surface area contributed by atoms with Crippen molar-refractivity contribution in [2.75, 3.05) is 13.7 Å². The number of nitrogens with zero attached hydrogens (tertiary/aromatic N) is 1. The zero-order valence-electron chi connectivity index (χ0n) is 19.8. The van der Waals surface area contributed by atoms with E-state index in [1.54, 1.807) is 45.2 Å². The van der Waals surface area contributed by atoms with Crippen molar-refractivity contribution >= 4 is 12.0 Å². The minimum Gasteiger partial charge on any atom is -0.497 e. The summed E-state index contributed by atoms with van der Waals surface area (Å²) in [6.45, 7) is 3.47. The molecule has 0 aliphatic carbocycles. The molecule has 1 saturated heterocycles. The van der Waals surface area contributed by atoms with Crippen LogP contribution in [0.3, 0.4) is 0 Å². The summed E-state index contributed by atoms with van der Waals surface area (Å²) in [5, 5.41) is 20.8. The molecule has 34 heavy (non-hydrogen) atoms. The van der Waals surface area contributed by atoms with Gasteiger partial charge in [0.15, 0.2) is 6.10 Å². The van der Waals surface area contributed by atoms with E-state index >= 15 is 0 Å². The van der Waals surface area contributed by atoms with Gasteiger partial charge in [-0.3, -0.25) is 4.79 Å². The van der Waals surface area contributed by atoms with E-state index in [4.69, 9.17) is 14.2 Å². The van der Waals surface area contributed by atoms with Gasteiger partial charge in [0.2, 0.25) is 0 Å². The number of amides is 2. The van der Waals surface area contributed by atoms with Gasteiger partial charge in [-0.05, 0) is 48.9 Å². The van der Waals surface area contributed by atoms with Crippen LogP contribution in [0.25, 0.3) is 0 Å². The lowest BCUT2D eigenvalue weighted by Crippen LogP contribution is -2.52. The fourth-order valence-corrected chi connectivity index (χ4v) is 4.10. The number of carbonyl (C=O) groups excluding carboxylic acids is 2. The molecule has 1 fully saturated rings. The van der Waals surface area contributed by atoms with Gasteiger partial charge < -0.3 is 24.4 Å². The molecule has 0 radical (unpaired) electrons. The lowest BCUT2D eigenvalue weighted by atomic mass is 9.93. The van der Waals surface area contributed by atoms with E-state index in [9.17, 15) is 19.8 Å². The van der Waals surface area contributed by atoms with Gasteiger partial charge in [0.05, 0.1) is 32.0 Å². The average molecular weight is 472 g/mol. The third-order valence-electron chi connectivity index (χ3n) is 5.95. The molecule has 0 spiro atoms. The molecular weight excluding hydrogens is 438 g/mol. The minimum atomic E-state index is -1.31. The van der Waals surface area contributed by atoms with Crippen molar-refractivity contribution in [1.82, 2.24) is 4.90 Å². The summed E-state index contributed by atoms with van der Waals surface area (Å²) >= 11 is 0. The van der Waals surface area contributed by atoms with Crippen molar-refractivity contribution in [2.24, 2.45) is 5.92 Å². The molecule has 3 rings (SSSR count). The Morgan fingerprint density at radius 1 is 1.09 bits per heavy atom. The zero-order chi connectivity index (χ0) is 24.7. The third-order valence-corrected chi connectivity index (χ3v) is 5.95. The van der Waals surface area contributed by atoms with Gasteiger partial charge in [0.25, 0.3) is 5.91 Å². The van der Waals surface area contributed by atoms with Gasteiger partial charge in [0, 0.05) is 0 Å². The van der Waals surface area contributed by atoms with Crippen LogP contribution in [0, 0.1) is 5.92 Å². The van der Waals surface area contributed by atoms with Gasteiger partial charge in [-0.2, -0.15) is 0 Å². The Kier molecular flexibility index (Phi) is 9.04. The molecule has 8 heteroatoms. The van der Waals surface area contributed by atoms with E-state index in [2.05, 4.69) is 0 Å². The summed E-state index contributed by atoms with van der Waals surface area (Å²) in [6, 6.07) is 16.2. The van der Waals surface area contributed by atoms with Crippen molar-refractivity contribution in [3.8, 4) is 5.75 Å². The van der Waals surface area contributed by atoms with Crippen molar-refractivity contribution in [3.63, 3.8) is 0 Å². The lowest BCUT2D eigenvalue weighted by molar-refractivity contribution is -0.154. The predicted molar refractivity (Wildman–Crippen MR) is 125 cm³/mol. The minimum absolute atomic E-state index is 0.0467. The maximum atomic E-state index is 13.6. The molecule has 0 saturated carbocycles. The van der Waals surface area contributed by atoms with Gasteiger partial charge in [-0.15, -0.1) is 0 Å². The van der Waals surface area contributed by atoms with E-state index in [0.29, 0.717) is 12.2 Å². The quantitative estimate of drug-likeness (QED) is 0.519. The summed E-state index contributed by atoms with van der Waals surface area (Å²) in [4.78, 5) is 27.2. The molecule has 0 aromatic heterocycles. The number of benzene rings is 2. The van der Waals surface area contributed by atoms with Crippen molar-refractivity contribution in [2.45, 2.75) is 57.6 Å². The Morgan fingerprint density at radius 3 is 2.38 bits per heavy atom. The smallest absolute Gasteiger partial charge is 0.417 e. The van der Waals surface area contributed by atoms with E-state index in [0.717, 1.165) is 16.0 Å². The SMILES string of the molecule is COc1ccc(CO[C@@H](C(=O)N2C(=O)OC[C@H]2Cc2ccccc2)[C@@H](O)[C@H](C)C[C@@H](C)O)cc1. The number of imide groups is 1. The van der Waals surface area contributed by atoms with E-state index in [-0.39, 0.29) is 19.6 Å². The maximum Gasteiger partial charge on any atom is 0.417 e. The highest BCUT2D eigenvalue weighted by Gasteiger charge is 2.44. The van der Waals surface area contributed by atoms with Crippen molar-refractivity contribution in [3.05, 3.63) is 65.7 Å². The van der Waals surface area contributed by atoms with Gasteiger partial charge in [-0.1, -0.05) is 49.4 Å². The summed E-state index contributed by atoms with van der Waals surface area (Å²) in [5.41, 5.74) is 1.74. The van der Waals surface area contributed by atoms with Gasteiger partial charge >= 0.3 is 6.09 Å². The first-order valence-corrected chi connectivity index (χ1v) is 11.4. The second kappa shape index (κ2) is 12.0. The van der Waals surface area contributed by atoms with Crippen LogP contribution in [0.2, 0.25) is 0 Å². The standard InChI is InChI=1S/C26H33NO7/c1-17(13-18(2)28)23(29)24(33-15-20-9-11-22(32-3)12-10-20)25(30)27-21(16-34-26(27)31)14-19-7-5-4-6-8-19/h4-12,17-18,21,23-24,28-29H,13-16H2,1-3H3/t17-,18-,21-,23+,24-/m1/s1. The summed E-state index contributed by atoms with van der Waals surface area (Å²) in [6.07, 6.45) is -3.24. The Bertz CT molecular complexity index is 932. The van der Waals surface area contributed by atoms with Crippen LogP contribution in [0.4, 0.5) is 4.79 Å². The topological polar surface area (TPSA) is 106 Å². The molecule has 2 aromatic carbocycles. The van der Waals surface area contributed by atoms with Crippen molar-refractivity contribution in [1.29, 1.82) is 0 Å². The Hall–Kier alpha value is -2.94. The molecule has 184 valence electrons. The number of hydrogen-bond acceptors (Lipinski definition) is 7. The van der Waals surface area contributed by atoms with E-state index in [1.807, 2.05) is 30.3 Å². The van der Waals surface area contributed by atoms with Crippen LogP contribution >= 0.6 is 0 Å². The number of rotatable bonds is 11. The largest absolute Gasteiger partial charge is 0.497 e.